The van der Waals surface area contributed by atoms with Crippen molar-refractivity contribution >= 4 is 11.6 Å². The molecule has 1 aromatic rings. The maximum atomic E-state index is 12.6. The van der Waals surface area contributed by atoms with Crippen molar-refractivity contribution in [3.8, 4) is 0 Å². The third-order valence-corrected chi connectivity index (χ3v) is 4.82. The molecule has 2 unspecified atom stereocenters. The number of ketones is 2. The van der Waals surface area contributed by atoms with Crippen molar-refractivity contribution in [2.75, 3.05) is 0 Å². The Labute approximate surface area is 129 Å². The number of nitrogens with one attached hydrogen (secondary N) is 4. The molecule has 0 spiro atoms. The molecule has 6 heteroatoms. The molecule has 0 aromatic heterocycles. The van der Waals surface area contributed by atoms with E-state index in [0.717, 1.165) is 5.56 Å². The molecule has 1 aromatic carbocycles. The Bertz CT molecular complexity index is 622. The standard InChI is InChI=1S/C16H20N4O2/c1-8(2)10-5-3-9(4-6-10)7-16-12(22)15-17-13(19-16)11(21)14(18-15)20-16/h3-6,8,13-15,17-20H,7H2,1-2H3. The van der Waals surface area contributed by atoms with Crippen LogP contribution in [-0.4, -0.2) is 35.7 Å². The summed E-state index contributed by atoms with van der Waals surface area (Å²) in [6, 6.07) is 8.33. The zero-order valence-electron chi connectivity index (χ0n) is 12.6. The van der Waals surface area contributed by atoms with Gasteiger partial charge < -0.3 is 0 Å². The molecule has 0 radical (unpaired) electrons. The highest BCUT2D eigenvalue weighted by molar-refractivity contribution is 6.03. The topological polar surface area (TPSA) is 82.3 Å². The lowest BCUT2D eigenvalue weighted by Crippen LogP contribution is -2.93. The smallest absolute Gasteiger partial charge is 0.199 e. The van der Waals surface area contributed by atoms with Gasteiger partial charge in [-0.3, -0.25) is 30.9 Å². The predicted molar refractivity (Wildman–Crippen MR) is 80.9 cm³/mol. The molecule has 5 rings (SSSR count). The molecule has 0 aliphatic carbocycles. The lowest BCUT2D eigenvalue weighted by molar-refractivity contribution is -0.154. The van der Waals surface area contributed by atoms with E-state index in [1.807, 2.05) is 0 Å². The fraction of sp³-hybridized carbons (Fsp3) is 0.500. The van der Waals surface area contributed by atoms with E-state index in [-0.39, 0.29) is 11.6 Å². The molecular weight excluding hydrogens is 280 g/mol. The van der Waals surface area contributed by atoms with Crippen molar-refractivity contribution in [1.82, 2.24) is 21.3 Å². The van der Waals surface area contributed by atoms with Gasteiger partial charge in [0.15, 0.2) is 11.6 Å². The van der Waals surface area contributed by atoms with E-state index >= 15 is 0 Å². The Morgan fingerprint density at radius 3 is 2.14 bits per heavy atom. The van der Waals surface area contributed by atoms with E-state index in [2.05, 4.69) is 59.4 Å². The van der Waals surface area contributed by atoms with Crippen LogP contribution in [-0.2, 0) is 16.0 Å². The van der Waals surface area contributed by atoms with Crippen LogP contribution in [0.5, 0.6) is 0 Å². The highest BCUT2D eigenvalue weighted by atomic mass is 16.2. The normalized spacial score (nSPS) is 36.4. The number of Topliss-reactive ketones (excluding diaryl/α,β-unsaturated/α-hetero) is 2. The van der Waals surface area contributed by atoms with Crippen LogP contribution in [0.3, 0.4) is 0 Å². The van der Waals surface area contributed by atoms with E-state index < -0.39 is 24.2 Å². The van der Waals surface area contributed by atoms with Crippen LogP contribution in [0.4, 0.5) is 0 Å². The molecule has 22 heavy (non-hydrogen) atoms. The lowest BCUT2D eigenvalue weighted by Gasteiger charge is -2.56. The first kappa shape index (κ1) is 14.0. The van der Waals surface area contributed by atoms with Gasteiger partial charge in [-0.25, -0.2) is 0 Å². The summed E-state index contributed by atoms with van der Waals surface area (Å²) in [7, 11) is 0. The number of hydrogen-bond donors (Lipinski definition) is 4. The first-order valence-electron chi connectivity index (χ1n) is 7.73. The van der Waals surface area contributed by atoms with Gasteiger partial charge in [-0.05, 0) is 17.0 Å². The maximum absolute atomic E-state index is 12.6. The van der Waals surface area contributed by atoms with E-state index in [9.17, 15) is 9.59 Å². The van der Waals surface area contributed by atoms with Crippen molar-refractivity contribution < 1.29 is 9.59 Å². The Kier molecular flexibility index (Phi) is 2.99. The summed E-state index contributed by atoms with van der Waals surface area (Å²) in [4.78, 5) is 24.7. The van der Waals surface area contributed by atoms with Gasteiger partial charge in [0.1, 0.15) is 24.2 Å². The van der Waals surface area contributed by atoms with Gasteiger partial charge in [-0.1, -0.05) is 38.1 Å². The van der Waals surface area contributed by atoms with E-state index in [0.29, 0.717) is 12.3 Å². The van der Waals surface area contributed by atoms with E-state index in [1.54, 1.807) is 0 Å². The van der Waals surface area contributed by atoms with Crippen LogP contribution in [0.15, 0.2) is 24.3 Å². The second-order valence-corrected chi connectivity index (χ2v) is 6.67. The predicted octanol–water partition coefficient (Wildman–Crippen LogP) is -0.435. The van der Waals surface area contributed by atoms with Crippen LogP contribution in [0.25, 0.3) is 0 Å². The summed E-state index contributed by atoms with van der Waals surface area (Å²) in [6.45, 7) is 4.31. The average molecular weight is 300 g/mol. The molecule has 0 saturated carbocycles. The number of rotatable bonds is 3. The Hall–Kier alpha value is -1.60. The summed E-state index contributed by atoms with van der Waals surface area (Å²) < 4.78 is 0. The van der Waals surface area contributed by atoms with Crippen molar-refractivity contribution in [2.45, 2.75) is 50.3 Å². The summed E-state index contributed by atoms with van der Waals surface area (Å²) in [5.41, 5.74) is 1.50. The van der Waals surface area contributed by atoms with Gasteiger partial charge in [0.05, 0.1) is 0 Å². The zero-order valence-corrected chi connectivity index (χ0v) is 12.6. The molecule has 0 amide bonds. The molecule has 4 saturated heterocycles. The van der Waals surface area contributed by atoms with E-state index in [4.69, 9.17) is 0 Å². The number of benzene rings is 1. The lowest BCUT2D eigenvalue weighted by atomic mass is 9.83. The van der Waals surface area contributed by atoms with Crippen LogP contribution >= 0.6 is 0 Å². The number of carbonyl (C=O) groups excluding carboxylic acids is 2. The SMILES string of the molecule is CC(C)c1ccc(CC23NC4NC(NC(N2)C4=O)C3=O)cc1. The molecule has 4 heterocycles. The molecule has 2 atom stereocenters. The first-order chi connectivity index (χ1) is 10.5. The molecule has 4 aliphatic rings. The highest BCUT2D eigenvalue weighted by Crippen LogP contribution is 2.26. The van der Waals surface area contributed by atoms with Gasteiger partial charge in [-0.2, -0.15) is 0 Å². The first-order valence-corrected chi connectivity index (χ1v) is 7.73. The minimum atomic E-state index is -0.857. The van der Waals surface area contributed by atoms with E-state index in [1.165, 1.54) is 5.56 Å². The van der Waals surface area contributed by atoms with Crippen molar-refractivity contribution in [3.05, 3.63) is 35.4 Å². The fourth-order valence-corrected chi connectivity index (χ4v) is 3.53. The molecule has 116 valence electrons. The Morgan fingerprint density at radius 2 is 1.59 bits per heavy atom. The van der Waals surface area contributed by atoms with Crippen molar-refractivity contribution in [1.29, 1.82) is 0 Å². The van der Waals surface area contributed by atoms with Crippen molar-refractivity contribution in [2.24, 2.45) is 0 Å². The fourth-order valence-electron chi connectivity index (χ4n) is 3.53. The number of carbonyl (C=O) groups is 2. The minimum Gasteiger partial charge on any atom is -0.293 e. The molecule has 4 bridgehead atoms. The summed E-state index contributed by atoms with van der Waals surface area (Å²) in [5, 5.41) is 12.3. The van der Waals surface area contributed by atoms with Gasteiger partial charge in [0, 0.05) is 6.42 Å². The zero-order chi connectivity index (χ0) is 15.5. The summed E-state index contributed by atoms with van der Waals surface area (Å²) in [6.07, 6.45) is -0.829. The quantitative estimate of drug-likeness (QED) is 0.606. The second-order valence-electron chi connectivity index (χ2n) is 6.67. The van der Waals surface area contributed by atoms with Crippen LogP contribution in [0.2, 0.25) is 0 Å². The molecular formula is C16H20N4O2. The second kappa shape index (κ2) is 4.70. The largest absolute Gasteiger partial charge is 0.293 e. The van der Waals surface area contributed by atoms with Gasteiger partial charge in [-0.15, -0.1) is 0 Å². The number of hydrogen-bond acceptors (Lipinski definition) is 6. The highest BCUT2D eigenvalue weighted by Gasteiger charge is 2.59. The van der Waals surface area contributed by atoms with Gasteiger partial charge in [0.2, 0.25) is 0 Å². The Morgan fingerprint density at radius 1 is 1.00 bits per heavy atom. The third kappa shape index (κ3) is 1.95. The molecule has 6 nitrogen and oxygen atoms in total. The van der Waals surface area contributed by atoms with Crippen LogP contribution < -0.4 is 21.3 Å². The van der Waals surface area contributed by atoms with Crippen molar-refractivity contribution in [3.63, 3.8) is 0 Å². The third-order valence-electron chi connectivity index (χ3n) is 4.82. The molecule has 4 N–H and O–H groups in total. The van der Waals surface area contributed by atoms with Gasteiger partial charge in [0.25, 0.3) is 0 Å². The maximum Gasteiger partial charge on any atom is 0.199 e. The van der Waals surface area contributed by atoms with Crippen LogP contribution in [0.1, 0.15) is 30.9 Å². The monoisotopic (exact) mass is 300 g/mol. The van der Waals surface area contributed by atoms with Gasteiger partial charge >= 0.3 is 0 Å². The average Bonchev–Trinajstić information content (AvgIpc) is 2.47. The summed E-state index contributed by atoms with van der Waals surface area (Å²) >= 11 is 0. The summed E-state index contributed by atoms with van der Waals surface area (Å²) in [5.74, 6) is 0.507. The minimum absolute atomic E-state index is 0.00882. The van der Waals surface area contributed by atoms with Crippen LogP contribution in [0, 0.1) is 0 Å². The Balaban J connectivity index is 1.61. The molecule has 4 aliphatic heterocycles. The molecule has 4 fully saturated rings.